The third kappa shape index (κ3) is 5.04. The van der Waals surface area contributed by atoms with Crippen LogP contribution in [0.3, 0.4) is 0 Å². The van der Waals surface area contributed by atoms with Gasteiger partial charge in [0.15, 0.2) is 5.78 Å². The van der Waals surface area contributed by atoms with Gasteiger partial charge in [0.05, 0.1) is 11.1 Å². The zero-order chi connectivity index (χ0) is 19.4. The standard InChI is InChI=1S/C19H19Cl2FN2O2/c1-10(15-8-18(22)17(21)9-16(15)20)23-11(2)19(26)24-14-6-4-13(5-7-14)12(3)25/h4-11,23H,1-3H3,(H,24,26)/t10-,11-/m0/s1. The first-order chi connectivity index (χ1) is 12.2. The number of ketones is 1. The zero-order valence-electron chi connectivity index (χ0n) is 14.6. The molecule has 1 amide bonds. The second-order valence-electron chi connectivity index (χ2n) is 6.02. The van der Waals surface area contributed by atoms with Gasteiger partial charge in [0.2, 0.25) is 5.91 Å². The minimum absolute atomic E-state index is 0.0428. The molecule has 0 spiro atoms. The van der Waals surface area contributed by atoms with Crippen LogP contribution in [0.5, 0.6) is 0 Å². The summed E-state index contributed by atoms with van der Waals surface area (Å²) in [4.78, 5) is 23.6. The highest BCUT2D eigenvalue weighted by atomic mass is 35.5. The first-order valence-electron chi connectivity index (χ1n) is 8.01. The van der Waals surface area contributed by atoms with Crippen LogP contribution in [0.4, 0.5) is 10.1 Å². The van der Waals surface area contributed by atoms with Crippen LogP contribution in [-0.2, 0) is 4.79 Å². The topological polar surface area (TPSA) is 58.2 Å². The fourth-order valence-corrected chi connectivity index (χ4v) is 3.00. The highest BCUT2D eigenvalue weighted by Gasteiger charge is 2.19. The number of hydrogen-bond acceptors (Lipinski definition) is 3. The van der Waals surface area contributed by atoms with Gasteiger partial charge in [-0.1, -0.05) is 23.2 Å². The average molecular weight is 397 g/mol. The van der Waals surface area contributed by atoms with Crippen LogP contribution in [-0.4, -0.2) is 17.7 Å². The van der Waals surface area contributed by atoms with E-state index in [-0.39, 0.29) is 22.8 Å². The third-order valence-electron chi connectivity index (χ3n) is 3.96. The Morgan fingerprint density at radius 2 is 1.65 bits per heavy atom. The summed E-state index contributed by atoms with van der Waals surface area (Å²) < 4.78 is 13.7. The summed E-state index contributed by atoms with van der Waals surface area (Å²) in [5, 5.41) is 6.10. The maximum absolute atomic E-state index is 13.7. The molecule has 0 radical (unpaired) electrons. The lowest BCUT2D eigenvalue weighted by molar-refractivity contribution is -0.117. The Labute approximate surface area is 161 Å². The molecule has 0 aliphatic carbocycles. The molecular formula is C19H19Cl2FN2O2. The molecule has 0 saturated heterocycles. The Balaban J connectivity index is 2.02. The predicted molar refractivity (Wildman–Crippen MR) is 103 cm³/mol. The predicted octanol–water partition coefficient (Wildman–Crippen LogP) is 5.01. The molecular weight excluding hydrogens is 378 g/mol. The van der Waals surface area contributed by atoms with Crippen LogP contribution in [0.1, 0.15) is 42.7 Å². The van der Waals surface area contributed by atoms with Crippen LogP contribution in [0, 0.1) is 5.82 Å². The second kappa shape index (κ2) is 8.62. The number of amides is 1. The number of Topliss-reactive ketones (excluding diaryl/α,β-unsaturated/α-hetero) is 1. The molecule has 0 aromatic heterocycles. The molecule has 2 aromatic carbocycles. The molecule has 4 nitrogen and oxygen atoms in total. The van der Waals surface area contributed by atoms with Crippen molar-refractivity contribution in [2.75, 3.05) is 5.32 Å². The van der Waals surface area contributed by atoms with Gasteiger partial charge in [0.1, 0.15) is 5.82 Å². The molecule has 2 atom stereocenters. The molecule has 2 N–H and O–H groups in total. The largest absolute Gasteiger partial charge is 0.325 e. The van der Waals surface area contributed by atoms with E-state index in [1.807, 2.05) is 0 Å². The lowest BCUT2D eigenvalue weighted by atomic mass is 10.1. The Morgan fingerprint density at radius 3 is 2.23 bits per heavy atom. The van der Waals surface area contributed by atoms with E-state index in [1.165, 1.54) is 19.1 Å². The van der Waals surface area contributed by atoms with E-state index in [0.717, 1.165) is 0 Å². The van der Waals surface area contributed by atoms with Gasteiger partial charge in [-0.25, -0.2) is 4.39 Å². The monoisotopic (exact) mass is 396 g/mol. The molecule has 2 rings (SSSR count). The number of carbonyl (C=O) groups excluding carboxylic acids is 2. The number of anilines is 1. The number of nitrogens with one attached hydrogen (secondary N) is 2. The van der Waals surface area contributed by atoms with Crippen molar-refractivity contribution in [3.05, 3.63) is 63.4 Å². The summed E-state index contributed by atoms with van der Waals surface area (Å²) in [6, 6.07) is 8.29. The van der Waals surface area contributed by atoms with Gasteiger partial charge in [0.25, 0.3) is 0 Å². The van der Waals surface area contributed by atoms with Crippen molar-refractivity contribution in [3.8, 4) is 0 Å². The first kappa shape index (κ1) is 20.4. The van der Waals surface area contributed by atoms with Crippen LogP contribution >= 0.6 is 23.2 Å². The van der Waals surface area contributed by atoms with E-state index in [9.17, 15) is 14.0 Å². The van der Waals surface area contributed by atoms with Gasteiger partial charge < -0.3 is 5.32 Å². The fraction of sp³-hybridized carbons (Fsp3) is 0.263. The molecule has 0 bridgehead atoms. The number of benzene rings is 2. The second-order valence-corrected chi connectivity index (χ2v) is 6.84. The zero-order valence-corrected chi connectivity index (χ0v) is 16.1. The van der Waals surface area contributed by atoms with Crippen LogP contribution in [0.15, 0.2) is 36.4 Å². The van der Waals surface area contributed by atoms with Gasteiger partial charge in [0, 0.05) is 22.3 Å². The summed E-state index contributed by atoms with van der Waals surface area (Å²) in [5.41, 5.74) is 1.66. The van der Waals surface area contributed by atoms with Crippen molar-refractivity contribution >= 4 is 40.6 Å². The number of rotatable bonds is 6. The van der Waals surface area contributed by atoms with Crippen molar-refractivity contribution in [1.82, 2.24) is 5.32 Å². The molecule has 0 unspecified atom stereocenters. The normalized spacial score (nSPS) is 13.2. The average Bonchev–Trinajstić information content (AvgIpc) is 2.58. The Bertz CT molecular complexity index is 825. The van der Waals surface area contributed by atoms with E-state index >= 15 is 0 Å². The van der Waals surface area contributed by atoms with Crippen molar-refractivity contribution in [1.29, 1.82) is 0 Å². The van der Waals surface area contributed by atoms with Crippen molar-refractivity contribution in [3.63, 3.8) is 0 Å². The number of hydrogen-bond donors (Lipinski definition) is 2. The van der Waals surface area contributed by atoms with Gasteiger partial charge >= 0.3 is 0 Å². The maximum Gasteiger partial charge on any atom is 0.241 e. The third-order valence-corrected chi connectivity index (χ3v) is 4.58. The molecule has 138 valence electrons. The molecule has 26 heavy (non-hydrogen) atoms. The van der Waals surface area contributed by atoms with Crippen molar-refractivity contribution in [2.45, 2.75) is 32.9 Å². The molecule has 0 saturated carbocycles. The highest BCUT2D eigenvalue weighted by molar-refractivity contribution is 6.35. The van der Waals surface area contributed by atoms with Gasteiger partial charge in [-0.05, 0) is 62.7 Å². The minimum Gasteiger partial charge on any atom is -0.325 e. The van der Waals surface area contributed by atoms with E-state index in [4.69, 9.17) is 23.2 Å². The van der Waals surface area contributed by atoms with Crippen LogP contribution in [0.2, 0.25) is 10.0 Å². The Hall–Kier alpha value is -1.95. The molecule has 2 aromatic rings. The summed E-state index contributed by atoms with van der Waals surface area (Å²) >= 11 is 11.8. The minimum atomic E-state index is -0.567. The SMILES string of the molecule is CC(=O)c1ccc(NC(=O)[C@H](C)N[C@@H](C)c2cc(F)c(Cl)cc2Cl)cc1. The summed E-state index contributed by atoms with van der Waals surface area (Å²) in [6.45, 7) is 4.95. The van der Waals surface area contributed by atoms with Gasteiger partial charge in [-0.15, -0.1) is 0 Å². The summed E-state index contributed by atoms with van der Waals surface area (Å²) in [5.74, 6) is -0.876. The molecule has 0 heterocycles. The Morgan fingerprint density at radius 1 is 1.04 bits per heavy atom. The lowest BCUT2D eigenvalue weighted by Crippen LogP contribution is -2.39. The van der Waals surface area contributed by atoms with E-state index in [0.29, 0.717) is 21.8 Å². The molecule has 0 fully saturated rings. The van der Waals surface area contributed by atoms with Crippen molar-refractivity contribution in [2.24, 2.45) is 0 Å². The molecule has 7 heteroatoms. The smallest absolute Gasteiger partial charge is 0.241 e. The van der Waals surface area contributed by atoms with Crippen LogP contribution in [0.25, 0.3) is 0 Å². The quantitative estimate of drug-likeness (QED) is 0.532. The fourth-order valence-electron chi connectivity index (χ4n) is 2.45. The van der Waals surface area contributed by atoms with E-state index < -0.39 is 11.9 Å². The van der Waals surface area contributed by atoms with Gasteiger partial charge in [-0.3, -0.25) is 14.9 Å². The lowest BCUT2D eigenvalue weighted by Gasteiger charge is -2.21. The van der Waals surface area contributed by atoms with E-state index in [1.54, 1.807) is 38.1 Å². The van der Waals surface area contributed by atoms with Gasteiger partial charge in [-0.2, -0.15) is 0 Å². The summed E-state index contributed by atoms with van der Waals surface area (Å²) in [7, 11) is 0. The first-order valence-corrected chi connectivity index (χ1v) is 8.77. The molecule has 0 aliphatic rings. The number of carbonyl (C=O) groups is 2. The summed E-state index contributed by atoms with van der Waals surface area (Å²) in [6.07, 6.45) is 0. The van der Waals surface area contributed by atoms with E-state index in [2.05, 4.69) is 10.6 Å². The number of halogens is 3. The molecule has 0 aliphatic heterocycles. The maximum atomic E-state index is 13.7. The van der Waals surface area contributed by atoms with Crippen LogP contribution < -0.4 is 10.6 Å². The Kier molecular flexibility index (Phi) is 6.75. The highest BCUT2D eigenvalue weighted by Crippen LogP contribution is 2.28. The van der Waals surface area contributed by atoms with Crippen molar-refractivity contribution < 1.29 is 14.0 Å².